The Morgan fingerprint density at radius 3 is 2.42 bits per heavy atom. The molecule has 0 radical (unpaired) electrons. The molecule has 4 aromatic rings. The molecule has 45 heavy (non-hydrogen) atoms. The van der Waals surface area contributed by atoms with Crippen LogP contribution >= 0.6 is 0 Å². The normalized spacial score (nSPS) is 16.1. The van der Waals surface area contributed by atoms with Crippen molar-refractivity contribution in [2.24, 2.45) is 0 Å². The predicted molar refractivity (Wildman–Crippen MR) is 164 cm³/mol. The number of carbonyl (C=O) groups excluding carboxylic acids is 2. The van der Waals surface area contributed by atoms with E-state index in [1.807, 2.05) is 65.7 Å². The number of anilines is 1. The highest BCUT2D eigenvalue weighted by Gasteiger charge is 2.30. The van der Waals surface area contributed by atoms with Gasteiger partial charge in [0, 0.05) is 87.5 Å². The lowest BCUT2D eigenvalue weighted by molar-refractivity contribution is -0.148. The van der Waals surface area contributed by atoms with E-state index >= 15 is 0 Å². The second-order valence-corrected chi connectivity index (χ2v) is 11.4. The van der Waals surface area contributed by atoms with E-state index in [9.17, 15) is 22.8 Å². The molecule has 5 heterocycles. The number of halogens is 3. The van der Waals surface area contributed by atoms with Gasteiger partial charge in [-0.3, -0.25) is 14.6 Å². The van der Waals surface area contributed by atoms with E-state index < -0.39 is 24.9 Å². The van der Waals surface area contributed by atoms with Crippen LogP contribution in [0.2, 0.25) is 0 Å². The Kier molecular flexibility index (Phi) is 8.81. The number of carbonyl (C=O) groups is 2. The topological polar surface area (TPSA) is 86.9 Å². The lowest BCUT2D eigenvalue weighted by Crippen LogP contribution is -2.35. The molecule has 2 aliphatic heterocycles. The van der Waals surface area contributed by atoms with Gasteiger partial charge in [0.1, 0.15) is 0 Å². The van der Waals surface area contributed by atoms with Crippen LogP contribution in [-0.4, -0.2) is 86.6 Å². The van der Waals surface area contributed by atoms with Gasteiger partial charge in [-0.25, -0.2) is 9.50 Å². The summed E-state index contributed by atoms with van der Waals surface area (Å²) in [5.74, 6) is 0.165. The maximum absolute atomic E-state index is 13.3. The summed E-state index contributed by atoms with van der Waals surface area (Å²) in [6.07, 6.45) is 3.20. The quantitative estimate of drug-likeness (QED) is 0.289. The number of nitrogens with zero attached hydrogens (tertiary/aromatic N) is 7. The van der Waals surface area contributed by atoms with Crippen molar-refractivity contribution in [1.82, 2.24) is 29.4 Å². The van der Waals surface area contributed by atoms with Crippen LogP contribution in [0.3, 0.4) is 0 Å². The van der Waals surface area contributed by atoms with Crippen LogP contribution in [0.25, 0.3) is 11.2 Å². The lowest BCUT2D eigenvalue weighted by Gasteiger charge is -2.27. The average molecular weight is 618 g/mol. The maximum Gasteiger partial charge on any atom is 0.389 e. The van der Waals surface area contributed by atoms with Gasteiger partial charge in [-0.05, 0) is 60.4 Å². The van der Waals surface area contributed by atoms with E-state index in [1.54, 1.807) is 16.9 Å². The third kappa shape index (κ3) is 7.33. The van der Waals surface area contributed by atoms with Gasteiger partial charge in [-0.2, -0.15) is 18.3 Å². The van der Waals surface area contributed by atoms with E-state index in [2.05, 4.69) is 15.0 Å². The predicted octanol–water partition coefficient (Wildman–Crippen LogP) is 5.03. The van der Waals surface area contributed by atoms with Crippen molar-refractivity contribution in [3.63, 3.8) is 0 Å². The molecule has 6 rings (SSSR count). The van der Waals surface area contributed by atoms with Crippen LogP contribution in [0.15, 0.2) is 73.2 Å². The number of aromatic nitrogens is 4. The number of hydrogen-bond donors (Lipinski definition) is 0. The summed E-state index contributed by atoms with van der Waals surface area (Å²) >= 11 is 0. The molecule has 234 valence electrons. The second kappa shape index (κ2) is 13.1. The molecule has 0 atom stereocenters. The zero-order valence-corrected chi connectivity index (χ0v) is 24.8. The fourth-order valence-corrected chi connectivity index (χ4v) is 5.89. The largest absolute Gasteiger partial charge is 0.389 e. The van der Waals surface area contributed by atoms with Crippen LogP contribution in [0, 0.1) is 0 Å². The van der Waals surface area contributed by atoms with Crippen LogP contribution in [0.4, 0.5) is 18.9 Å². The van der Waals surface area contributed by atoms with Gasteiger partial charge in [0.25, 0.3) is 5.91 Å². The van der Waals surface area contributed by atoms with E-state index in [4.69, 9.17) is 4.98 Å². The standard InChI is InChI=1S/C33H34F3N7O2/c34-33(35,36)13-8-30(44)41-19-11-25(12-20-41)28-3-1-18-43-31(28)38-29(39-43)23-24-4-6-26(7-5-24)32(45)42-17-2-16-40(21-22-42)27-9-14-37-15-10-27/h1,3-7,9-11,14-15,18H,2,8,12-13,16-17,19-23H2. The van der Waals surface area contributed by atoms with Crippen molar-refractivity contribution < 1.29 is 22.8 Å². The van der Waals surface area contributed by atoms with Gasteiger partial charge in [0.05, 0.1) is 6.42 Å². The Bertz CT molecular complexity index is 1690. The Morgan fingerprint density at radius 1 is 0.889 bits per heavy atom. The van der Waals surface area contributed by atoms with Crippen molar-refractivity contribution >= 4 is 28.7 Å². The number of pyridine rings is 2. The number of alkyl halides is 3. The van der Waals surface area contributed by atoms with Crippen molar-refractivity contribution in [3.8, 4) is 0 Å². The van der Waals surface area contributed by atoms with Gasteiger partial charge in [0.2, 0.25) is 5.91 Å². The smallest absolute Gasteiger partial charge is 0.370 e. The number of hydrogen-bond acceptors (Lipinski definition) is 6. The van der Waals surface area contributed by atoms with Crippen molar-refractivity contribution in [3.05, 3.63) is 95.7 Å². The highest BCUT2D eigenvalue weighted by Crippen LogP contribution is 2.27. The zero-order chi connectivity index (χ0) is 31.4. The molecule has 1 fully saturated rings. The molecule has 1 aromatic carbocycles. The van der Waals surface area contributed by atoms with E-state index in [0.717, 1.165) is 41.9 Å². The molecule has 9 nitrogen and oxygen atoms in total. The maximum atomic E-state index is 13.3. The molecule has 0 unspecified atom stereocenters. The summed E-state index contributed by atoms with van der Waals surface area (Å²) in [7, 11) is 0. The Balaban J connectivity index is 1.08. The van der Waals surface area contributed by atoms with Gasteiger partial charge in [-0.1, -0.05) is 18.2 Å². The summed E-state index contributed by atoms with van der Waals surface area (Å²) < 4.78 is 39.3. The van der Waals surface area contributed by atoms with E-state index in [-0.39, 0.29) is 12.5 Å². The van der Waals surface area contributed by atoms with Crippen molar-refractivity contribution in [2.45, 2.75) is 38.3 Å². The third-order valence-corrected chi connectivity index (χ3v) is 8.31. The fourth-order valence-electron chi connectivity index (χ4n) is 5.89. The molecule has 0 aliphatic carbocycles. The fraction of sp³-hybridized carbons (Fsp3) is 0.364. The number of rotatable bonds is 7. The average Bonchev–Trinajstić information content (AvgIpc) is 3.30. The Labute approximate surface area is 259 Å². The van der Waals surface area contributed by atoms with Gasteiger partial charge >= 0.3 is 6.18 Å². The molecule has 1 saturated heterocycles. The molecular formula is C33H34F3N7O2. The minimum atomic E-state index is -4.34. The highest BCUT2D eigenvalue weighted by atomic mass is 19.4. The molecule has 0 bridgehead atoms. The van der Waals surface area contributed by atoms with Crippen LogP contribution < -0.4 is 4.90 Å². The number of amides is 2. The molecule has 0 saturated carbocycles. The highest BCUT2D eigenvalue weighted by molar-refractivity contribution is 5.94. The summed E-state index contributed by atoms with van der Waals surface area (Å²) in [5.41, 5.74) is 5.31. The lowest BCUT2D eigenvalue weighted by atomic mass is 10.00. The molecule has 3 aromatic heterocycles. The van der Waals surface area contributed by atoms with Crippen molar-refractivity contribution in [1.29, 1.82) is 0 Å². The first-order chi connectivity index (χ1) is 21.7. The Hall–Kier alpha value is -4.74. The minimum absolute atomic E-state index is 0.0231. The first-order valence-electron chi connectivity index (χ1n) is 15.1. The summed E-state index contributed by atoms with van der Waals surface area (Å²) in [6, 6.07) is 15.4. The zero-order valence-electron chi connectivity index (χ0n) is 24.8. The Morgan fingerprint density at radius 2 is 1.69 bits per heavy atom. The third-order valence-electron chi connectivity index (χ3n) is 8.31. The van der Waals surface area contributed by atoms with Crippen LogP contribution in [0.1, 0.15) is 53.0 Å². The van der Waals surface area contributed by atoms with Crippen LogP contribution in [0.5, 0.6) is 0 Å². The molecule has 12 heteroatoms. The van der Waals surface area contributed by atoms with E-state index in [1.165, 1.54) is 4.90 Å². The van der Waals surface area contributed by atoms with Gasteiger partial charge < -0.3 is 14.7 Å². The molecule has 0 spiro atoms. The minimum Gasteiger partial charge on any atom is -0.370 e. The first kappa shape index (κ1) is 30.3. The van der Waals surface area contributed by atoms with Crippen molar-refractivity contribution in [2.75, 3.05) is 44.2 Å². The molecule has 0 N–H and O–H groups in total. The number of fused-ring (bicyclic) bond motifs is 1. The summed E-state index contributed by atoms with van der Waals surface area (Å²) in [6.45, 7) is 3.64. The van der Waals surface area contributed by atoms with Gasteiger partial charge in [-0.15, -0.1) is 0 Å². The number of benzene rings is 1. The SMILES string of the molecule is O=C(CCC(F)(F)F)N1CC=C(c2cccn3nc(Cc4ccc(C(=O)N5CCCN(c6ccncc6)CC5)cc4)nc23)CC1. The van der Waals surface area contributed by atoms with Crippen LogP contribution in [-0.2, 0) is 11.2 Å². The molecule has 2 aliphatic rings. The second-order valence-electron chi connectivity index (χ2n) is 11.4. The first-order valence-corrected chi connectivity index (χ1v) is 15.1. The van der Waals surface area contributed by atoms with Gasteiger partial charge in [0.15, 0.2) is 11.5 Å². The summed E-state index contributed by atoms with van der Waals surface area (Å²) in [5, 5.41) is 4.65. The monoisotopic (exact) mass is 617 g/mol. The molecular weight excluding hydrogens is 583 g/mol. The van der Waals surface area contributed by atoms with E-state index in [0.29, 0.717) is 49.5 Å². The summed E-state index contributed by atoms with van der Waals surface area (Å²) in [4.78, 5) is 40.1. The molecule has 2 amide bonds.